The van der Waals surface area contributed by atoms with E-state index in [1.165, 1.54) is 23.5 Å². The SMILES string of the molecule is N#C/C(=C\c1ccc(-c2ccccc2[N+](=O)[O-])s1)C(=O)NCCc1ccccc1. The van der Waals surface area contributed by atoms with Gasteiger partial charge in [-0.25, -0.2) is 0 Å². The molecule has 144 valence electrons. The number of thiophene rings is 1. The van der Waals surface area contributed by atoms with Gasteiger partial charge in [-0.15, -0.1) is 11.3 Å². The predicted molar refractivity (Wildman–Crippen MR) is 113 cm³/mol. The standard InChI is InChI=1S/C22H17N3O3S/c23-15-17(22(26)24-13-12-16-6-2-1-3-7-16)14-18-10-11-21(29-18)19-8-4-5-9-20(19)25(27)28/h1-11,14H,12-13H2,(H,24,26)/b17-14+. The Hall–Kier alpha value is -3.76. The molecule has 0 atom stereocenters. The normalized spacial score (nSPS) is 10.9. The highest BCUT2D eigenvalue weighted by molar-refractivity contribution is 7.16. The van der Waals surface area contributed by atoms with E-state index in [0.717, 1.165) is 5.56 Å². The van der Waals surface area contributed by atoms with Gasteiger partial charge in [-0.2, -0.15) is 5.26 Å². The Morgan fingerprint density at radius 1 is 1.10 bits per heavy atom. The van der Waals surface area contributed by atoms with Crippen molar-refractivity contribution in [2.45, 2.75) is 6.42 Å². The Kier molecular flexibility index (Phi) is 6.51. The number of carbonyl (C=O) groups excluding carboxylic acids is 1. The first-order valence-electron chi connectivity index (χ1n) is 8.86. The molecule has 1 heterocycles. The molecule has 0 saturated heterocycles. The van der Waals surface area contributed by atoms with Crippen LogP contribution in [0.4, 0.5) is 5.69 Å². The largest absolute Gasteiger partial charge is 0.351 e. The van der Waals surface area contributed by atoms with Gasteiger partial charge in [-0.05, 0) is 36.3 Å². The van der Waals surface area contributed by atoms with Gasteiger partial charge in [0.2, 0.25) is 0 Å². The molecule has 0 aliphatic carbocycles. The Morgan fingerprint density at radius 3 is 2.55 bits per heavy atom. The fourth-order valence-electron chi connectivity index (χ4n) is 2.77. The topological polar surface area (TPSA) is 96.0 Å². The van der Waals surface area contributed by atoms with Crippen molar-refractivity contribution < 1.29 is 9.72 Å². The average Bonchev–Trinajstić information content (AvgIpc) is 3.21. The van der Waals surface area contributed by atoms with Crippen LogP contribution in [0, 0.1) is 21.4 Å². The second kappa shape index (κ2) is 9.44. The number of nitrogens with one attached hydrogen (secondary N) is 1. The summed E-state index contributed by atoms with van der Waals surface area (Å²) < 4.78 is 0. The lowest BCUT2D eigenvalue weighted by Crippen LogP contribution is -2.26. The van der Waals surface area contributed by atoms with Gasteiger partial charge in [0, 0.05) is 22.4 Å². The highest BCUT2D eigenvalue weighted by Crippen LogP contribution is 2.35. The molecular formula is C22H17N3O3S. The molecule has 2 aromatic carbocycles. The van der Waals surface area contributed by atoms with Crippen molar-refractivity contribution in [3.63, 3.8) is 0 Å². The van der Waals surface area contributed by atoms with Crippen LogP contribution in [0.25, 0.3) is 16.5 Å². The summed E-state index contributed by atoms with van der Waals surface area (Å²) in [5.74, 6) is -0.441. The molecule has 1 aromatic heterocycles. The number of para-hydroxylation sites is 1. The highest BCUT2D eigenvalue weighted by atomic mass is 32.1. The smallest absolute Gasteiger partial charge is 0.278 e. The van der Waals surface area contributed by atoms with E-state index < -0.39 is 10.8 Å². The zero-order valence-electron chi connectivity index (χ0n) is 15.4. The number of hydrogen-bond donors (Lipinski definition) is 1. The number of hydrogen-bond acceptors (Lipinski definition) is 5. The first kappa shape index (κ1) is 20.0. The molecule has 3 aromatic rings. The number of amides is 1. The molecule has 1 N–H and O–H groups in total. The quantitative estimate of drug-likeness (QED) is 0.270. The summed E-state index contributed by atoms with van der Waals surface area (Å²) in [5, 5.41) is 23.3. The third-order valence-corrected chi connectivity index (χ3v) is 5.25. The molecular weight excluding hydrogens is 386 g/mol. The summed E-state index contributed by atoms with van der Waals surface area (Å²) in [4.78, 5) is 24.5. The summed E-state index contributed by atoms with van der Waals surface area (Å²) in [5.41, 5.74) is 1.62. The predicted octanol–water partition coefficient (Wildman–Crippen LogP) is 4.59. The van der Waals surface area contributed by atoms with E-state index in [-0.39, 0.29) is 11.3 Å². The highest BCUT2D eigenvalue weighted by Gasteiger charge is 2.16. The summed E-state index contributed by atoms with van der Waals surface area (Å²) >= 11 is 1.29. The molecule has 0 spiro atoms. The van der Waals surface area contributed by atoms with Crippen LogP contribution >= 0.6 is 11.3 Å². The van der Waals surface area contributed by atoms with Gasteiger partial charge < -0.3 is 5.32 Å². The van der Waals surface area contributed by atoms with Gasteiger partial charge in [-0.3, -0.25) is 14.9 Å². The van der Waals surface area contributed by atoms with Crippen molar-refractivity contribution in [1.29, 1.82) is 5.26 Å². The number of nitro benzene ring substituents is 1. The third-order valence-electron chi connectivity index (χ3n) is 4.19. The van der Waals surface area contributed by atoms with Crippen LogP contribution in [-0.4, -0.2) is 17.4 Å². The number of rotatable bonds is 7. The van der Waals surface area contributed by atoms with E-state index in [1.807, 2.05) is 36.4 Å². The molecule has 0 bridgehead atoms. The molecule has 1 amide bonds. The van der Waals surface area contributed by atoms with Gasteiger partial charge in [0.05, 0.1) is 10.5 Å². The fraction of sp³-hybridized carbons (Fsp3) is 0.0909. The Bertz CT molecular complexity index is 1100. The monoisotopic (exact) mass is 403 g/mol. The molecule has 0 aliphatic rings. The molecule has 6 nitrogen and oxygen atoms in total. The molecule has 29 heavy (non-hydrogen) atoms. The summed E-state index contributed by atoms with van der Waals surface area (Å²) in [7, 11) is 0. The van der Waals surface area contributed by atoms with Crippen LogP contribution in [0.2, 0.25) is 0 Å². The maximum Gasteiger partial charge on any atom is 0.278 e. The second-order valence-electron chi connectivity index (χ2n) is 6.14. The molecule has 7 heteroatoms. The van der Waals surface area contributed by atoms with E-state index in [1.54, 1.807) is 30.3 Å². The lowest BCUT2D eigenvalue weighted by atomic mass is 10.1. The van der Waals surface area contributed by atoms with Gasteiger partial charge >= 0.3 is 0 Å². The summed E-state index contributed by atoms with van der Waals surface area (Å²) in [6.07, 6.45) is 2.17. The fourth-order valence-corrected chi connectivity index (χ4v) is 3.75. The van der Waals surface area contributed by atoms with Crippen LogP contribution < -0.4 is 5.32 Å². The van der Waals surface area contributed by atoms with E-state index >= 15 is 0 Å². The van der Waals surface area contributed by atoms with E-state index in [2.05, 4.69) is 5.32 Å². The van der Waals surface area contributed by atoms with Gasteiger partial charge in [0.25, 0.3) is 11.6 Å². The lowest BCUT2D eigenvalue weighted by Gasteiger charge is -2.04. The second-order valence-corrected chi connectivity index (χ2v) is 7.25. The zero-order chi connectivity index (χ0) is 20.6. The van der Waals surface area contributed by atoms with Crippen LogP contribution in [0.1, 0.15) is 10.4 Å². The minimum Gasteiger partial charge on any atom is -0.351 e. The lowest BCUT2D eigenvalue weighted by molar-refractivity contribution is -0.384. The first-order valence-corrected chi connectivity index (χ1v) is 9.67. The number of benzene rings is 2. The molecule has 0 fully saturated rings. The average molecular weight is 403 g/mol. The number of carbonyl (C=O) groups is 1. The number of nitrogens with zero attached hydrogens (tertiary/aromatic N) is 2. The maximum atomic E-state index is 12.3. The van der Waals surface area contributed by atoms with Crippen molar-refractivity contribution in [3.05, 3.63) is 92.9 Å². The van der Waals surface area contributed by atoms with Crippen molar-refractivity contribution >= 4 is 29.0 Å². The third kappa shape index (κ3) is 5.15. The Morgan fingerprint density at radius 2 is 1.83 bits per heavy atom. The van der Waals surface area contributed by atoms with E-state index in [0.29, 0.717) is 28.3 Å². The minimum absolute atomic E-state index is 0.00553. The Balaban J connectivity index is 1.71. The summed E-state index contributed by atoms with van der Waals surface area (Å²) in [6, 6.07) is 21.6. The van der Waals surface area contributed by atoms with E-state index in [4.69, 9.17) is 0 Å². The zero-order valence-corrected chi connectivity index (χ0v) is 16.2. The molecule has 0 saturated carbocycles. The van der Waals surface area contributed by atoms with Crippen molar-refractivity contribution in [1.82, 2.24) is 5.32 Å². The first-order chi connectivity index (χ1) is 14.1. The van der Waals surface area contributed by atoms with Crippen molar-refractivity contribution in [2.24, 2.45) is 0 Å². The van der Waals surface area contributed by atoms with Crippen molar-refractivity contribution in [2.75, 3.05) is 6.54 Å². The number of nitriles is 1. The summed E-state index contributed by atoms with van der Waals surface area (Å²) in [6.45, 7) is 0.424. The van der Waals surface area contributed by atoms with Crippen LogP contribution in [-0.2, 0) is 11.2 Å². The molecule has 0 unspecified atom stereocenters. The minimum atomic E-state index is -0.441. The molecule has 3 rings (SSSR count). The Labute approximate surface area is 171 Å². The van der Waals surface area contributed by atoms with E-state index in [9.17, 15) is 20.2 Å². The van der Waals surface area contributed by atoms with Crippen LogP contribution in [0.5, 0.6) is 0 Å². The van der Waals surface area contributed by atoms with Gasteiger partial charge in [0.1, 0.15) is 11.6 Å². The van der Waals surface area contributed by atoms with Crippen molar-refractivity contribution in [3.8, 4) is 16.5 Å². The molecule has 0 aliphatic heterocycles. The van der Waals surface area contributed by atoms with Crippen LogP contribution in [0.3, 0.4) is 0 Å². The molecule has 0 radical (unpaired) electrons. The maximum absolute atomic E-state index is 12.3. The number of nitro groups is 1. The van der Waals surface area contributed by atoms with Crippen LogP contribution in [0.15, 0.2) is 72.3 Å². The van der Waals surface area contributed by atoms with Gasteiger partial charge in [-0.1, -0.05) is 42.5 Å². The van der Waals surface area contributed by atoms with Gasteiger partial charge in [0.15, 0.2) is 0 Å².